The number of methoxy groups -OCH3 is 1. The number of para-hydroxylation sites is 1. The van der Waals surface area contributed by atoms with Crippen LogP contribution in [-0.2, 0) is 24.3 Å². The molecule has 0 saturated carbocycles. The fraction of sp³-hybridized carbons (Fsp3) is 0.417. The number of nitrogens with one attached hydrogen (secondary N) is 1. The van der Waals surface area contributed by atoms with Gasteiger partial charge in [-0.25, -0.2) is 12.8 Å². The van der Waals surface area contributed by atoms with Gasteiger partial charge in [0.25, 0.3) is 0 Å². The Balaban J connectivity index is 1.54. The van der Waals surface area contributed by atoms with Crippen molar-refractivity contribution in [3.05, 3.63) is 60.4 Å². The monoisotopic (exact) mass is 504 g/mol. The number of halogens is 1. The summed E-state index contributed by atoms with van der Waals surface area (Å²) >= 11 is 0. The average molecular weight is 505 g/mol. The number of sulfonamides is 1. The third kappa shape index (κ3) is 5.02. The summed E-state index contributed by atoms with van der Waals surface area (Å²) in [6.07, 6.45) is 0.534. The van der Waals surface area contributed by atoms with Crippen molar-refractivity contribution in [1.82, 2.24) is 14.5 Å². The molecule has 2 amide bonds. The second kappa shape index (κ2) is 10.3. The number of nitrogens with zero attached hydrogens (tertiary/aromatic N) is 3. The average Bonchev–Trinajstić information content (AvgIpc) is 3.11. The van der Waals surface area contributed by atoms with E-state index >= 15 is 0 Å². The zero-order valence-electron chi connectivity index (χ0n) is 19.5. The molecular formula is C24H29FN4O5S. The zero-order chi connectivity index (χ0) is 25.1. The number of hydrogen-bond acceptors (Lipinski definition) is 6. The first-order valence-corrected chi connectivity index (χ1v) is 12.9. The molecule has 2 heterocycles. The molecule has 2 aromatic rings. The van der Waals surface area contributed by atoms with Crippen LogP contribution in [0.5, 0.6) is 0 Å². The molecule has 188 valence electrons. The standard InChI is InChI=1S/C24H29FN4O5S/c1-34-16-13-26-22(30)17-27-18-29(20-5-3-2-4-6-20)24(23(27)31)11-14-28(15-12-24)35(32,33)21-9-7-19(25)8-10-21/h2-10H,11-18H2,1H3,(H,26,30). The minimum absolute atomic E-state index is 0.0156. The van der Waals surface area contributed by atoms with Crippen LogP contribution in [0.3, 0.4) is 0 Å². The summed E-state index contributed by atoms with van der Waals surface area (Å²) in [7, 11) is -2.28. The summed E-state index contributed by atoms with van der Waals surface area (Å²) in [5.41, 5.74) is -0.124. The molecule has 11 heteroatoms. The Morgan fingerprint density at radius 1 is 1.09 bits per heavy atom. The first-order valence-electron chi connectivity index (χ1n) is 11.4. The van der Waals surface area contributed by atoms with Gasteiger partial charge in [-0.2, -0.15) is 4.31 Å². The Morgan fingerprint density at radius 2 is 1.74 bits per heavy atom. The number of rotatable bonds is 8. The molecule has 0 radical (unpaired) electrons. The fourth-order valence-electron chi connectivity index (χ4n) is 4.70. The number of hydrogen-bond donors (Lipinski definition) is 1. The van der Waals surface area contributed by atoms with Gasteiger partial charge in [0.1, 0.15) is 17.9 Å². The maximum atomic E-state index is 13.7. The third-order valence-electron chi connectivity index (χ3n) is 6.55. The number of carbonyl (C=O) groups excluding carboxylic acids is 2. The van der Waals surface area contributed by atoms with Crippen molar-refractivity contribution in [3.63, 3.8) is 0 Å². The minimum Gasteiger partial charge on any atom is -0.383 e. The van der Waals surface area contributed by atoms with Gasteiger partial charge in [-0.05, 0) is 49.2 Å². The highest BCUT2D eigenvalue weighted by Gasteiger charge is 2.55. The van der Waals surface area contributed by atoms with Gasteiger partial charge in [0.05, 0.1) is 18.2 Å². The van der Waals surface area contributed by atoms with Crippen LogP contribution in [0.1, 0.15) is 12.8 Å². The first-order chi connectivity index (χ1) is 16.8. The van der Waals surface area contributed by atoms with Crippen LogP contribution in [0.4, 0.5) is 10.1 Å². The molecular weight excluding hydrogens is 475 g/mol. The topological polar surface area (TPSA) is 99.3 Å². The molecule has 9 nitrogen and oxygen atoms in total. The number of carbonyl (C=O) groups is 2. The highest BCUT2D eigenvalue weighted by atomic mass is 32.2. The largest absolute Gasteiger partial charge is 0.383 e. The molecule has 1 spiro atoms. The van der Waals surface area contributed by atoms with E-state index in [1.54, 1.807) is 7.11 Å². The number of amides is 2. The SMILES string of the molecule is COCCNC(=O)CN1CN(c2ccccc2)C2(CCN(S(=O)(=O)c3ccc(F)cc3)CC2)C1=O. The van der Waals surface area contributed by atoms with Crippen molar-refractivity contribution in [3.8, 4) is 0 Å². The summed E-state index contributed by atoms with van der Waals surface area (Å²) in [4.78, 5) is 29.6. The van der Waals surface area contributed by atoms with E-state index in [2.05, 4.69) is 5.32 Å². The molecule has 0 aliphatic carbocycles. The quantitative estimate of drug-likeness (QED) is 0.546. The maximum absolute atomic E-state index is 13.7. The van der Waals surface area contributed by atoms with Crippen molar-refractivity contribution < 1.29 is 27.1 Å². The van der Waals surface area contributed by atoms with Crippen LogP contribution in [0.15, 0.2) is 59.5 Å². The van der Waals surface area contributed by atoms with Gasteiger partial charge in [-0.15, -0.1) is 0 Å². The normalized spacial score (nSPS) is 18.3. The van der Waals surface area contributed by atoms with Crippen LogP contribution >= 0.6 is 0 Å². The molecule has 2 aliphatic heterocycles. The lowest BCUT2D eigenvalue weighted by Gasteiger charge is -2.42. The maximum Gasteiger partial charge on any atom is 0.250 e. The van der Waals surface area contributed by atoms with E-state index in [0.29, 0.717) is 13.2 Å². The van der Waals surface area contributed by atoms with Gasteiger partial charge in [0, 0.05) is 32.4 Å². The Hall–Kier alpha value is -3.02. The predicted molar refractivity (Wildman–Crippen MR) is 128 cm³/mol. The van der Waals surface area contributed by atoms with Crippen LogP contribution < -0.4 is 10.2 Å². The van der Waals surface area contributed by atoms with Crippen molar-refractivity contribution in [2.45, 2.75) is 23.3 Å². The van der Waals surface area contributed by atoms with Crippen molar-refractivity contribution in [2.75, 3.05) is 51.5 Å². The lowest BCUT2D eigenvalue weighted by atomic mass is 9.86. The molecule has 4 rings (SSSR count). The Labute approximate surface area is 204 Å². The van der Waals surface area contributed by atoms with Crippen LogP contribution in [0, 0.1) is 5.82 Å². The van der Waals surface area contributed by atoms with Crippen molar-refractivity contribution in [2.24, 2.45) is 0 Å². The molecule has 2 aromatic carbocycles. The number of benzene rings is 2. The third-order valence-corrected chi connectivity index (χ3v) is 8.46. The van der Waals surface area contributed by atoms with E-state index in [1.165, 1.54) is 21.3 Å². The lowest BCUT2D eigenvalue weighted by Crippen LogP contribution is -2.57. The molecule has 0 bridgehead atoms. The summed E-state index contributed by atoms with van der Waals surface area (Å²) in [5, 5.41) is 2.74. The van der Waals surface area contributed by atoms with E-state index in [-0.39, 0.29) is 55.9 Å². The van der Waals surface area contributed by atoms with Crippen LogP contribution in [-0.4, -0.2) is 81.5 Å². The Bertz CT molecular complexity index is 1150. The highest BCUT2D eigenvalue weighted by Crippen LogP contribution is 2.40. The van der Waals surface area contributed by atoms with Gasteiger partial charge in [-0.1, -0.05) is 18.2 Å². The molecule has 1 N–H and O–H groups in total. The van der Waals surface area contributed by atoms with E-state index < -0.39 is 21.4 Å². The number of ether oxygens (including phenoxy) is 1. The summed E-state index contributed by atoms with van der Waals surface area (Å²) < 4.78 is 45.8. The molecule has 0 unspecified atom stereocenters. The van der Waals surface area contributed by atoms with Gasteiger partial charge in [-0.3, -0.25) is 9.59 Å². The molecule has 2 aliphatic rings. The molecule has 0 atom stereocenters. The van der Waals surface area contributed by atoms with E-state index in [0.717, 1.165) is 17.8 Å². The minimum atomic E-state index is -3.82. The van der Waals surface area contributed by atoms with Crippen molar-refractivity contribution in [1.29, 1.82) is 0 Å². The Kier molecular flexibility index (Phi) is 7.39. The number of anilines is 1. The summed E-state index contributed by atoms with van der Waals surface area (Å²) in [6, 6.07) is 14.2. The lowest BCUT2D eigenvalue weighted by molar-refractivity contribution is -0.137. The van der Waals surface area contributed by atoms with Gasteiger partial charge < -0.3 is 19.9 Å². The second-order valence-corrected chi connectivity index (χ2v) is 10.6. The predicted octanol–water partition coefficient (Wildman–Crippen LogP) is 1.42. The highest BCUT2D eigenvalue weighted by molar-refractivity contribution is 7.89. The van der Waals surface area contributed by atoms with E-state index in [1.807, 2.05) is 35.2 Å². The van der Waals surface area contributed by atoms with Gasteiger partial charge in [0.15, 0.2) is 0 Å². The van der Waals surface area contributed by atoms with E-state index in [4.69, 9.17) is 4.74 Å². The smallest absolute Gasteiger partial charge is 0.250 e. The summed E-state index contributed by atoms with van der Waals surface area (Å²) in [5.74, 6) is -0.984. The summed E-state index contributed by atoms with van der Waals surface area (Å²) in [6.45, 7) is 1.11. The molecule has 0 aromatic heterocycles. The van der Waals surface area contributed by atoms with Crippen LogP contribution in [0.2, 0.25) is 0 Å². The molecule has 2 saturated heterocycles. The Morgan fingerprint density at radius 3 is 2.37 bits per heavy atom. The first kappa shape index (κ1) is 25.1. The van der Waals surface area contributed by atoms with Crippen molar-refractivity contribution >= 4 is 27.5 Å². The second-order valence-electron chi connectivity index (χ2n) is 8.64. The van der Waals surface area contributed by atoms with Gasteiger partial charge in [0.2, 0.25) is 21.8 Å². The fourth-order valence-corrected chi connectivity index (χ4v) is 6.14. The molecule has 2 fully saturated rings. The zero-order valence-corrected chi connectivity index (χ0v) is 20.3. The van der Waals surface area contributed by atoms with E-state index in [9.17, 15) is 22.4 Å². The molecule has 35 heavy (non-hydrogen) atoms. The number of piperidine rings is 1. The van der Waals surface area contributed by atoms with Gasteiger partial charge >= 0.3 is 0 Å². The van der Waals surface area contributed by atoms with Crippen LogP contribution in [0.25, 0.3) is 0 Å².